The summed E-state index contributed by atoms with van der Waals surface area (Å²) >= 11 is 0. The van der Waals surface area contributed by atoms with E-state index in [1.165, 1.54) is 6.33 Å². The highest BCUT2D eigenvalue weighted by Gasteiger charge is 2.39. The van der Waals surface area contributed by atoms with Gasteiger partial charge < -0.3 is 20.0 Å². The number of aliphatic hydroxyl groups is 1. The lowest BCUT2D eigenvalue weighted by Crippen LogP contribution is -2.43. The molecule has 3 aromatic heterocycles. The first-order valence-corrected chi connectivity index (χ1v) is 17.2. The van der Waals surface area contributed by atoms with Gasteiger partial charge in [-0.05, 0) is 88.9 Å². The maximum Gasteiger partial charge on any atom is 0.419 e. The summed E-state index contributed by atoms with van der Waals surface area (Å²) in [5, 5.41) is 16.5. The van der Waals surface area contributed by atoms with Crippen molar-refractivity contribution in [3.63, 3.8) is 0 Å². The lowest BCUT2D eigenvalue weighted by molar-refractivity contribution is 0.0547. The molecule has 41 heavy (non-hydrogen) atoms. The number of hydrogen-bond acceptors (Lipinski definition) is 8. The number of nitrogens with zero attached hydrogens (tertiary/aromatic N) is 5. The van der Waals surface area contributed by atoms with E-state index in [2.05, 4.69) is 43.8 Å². The zero-order chi connectivity index (χ0) is 29.9. The smallest absolute Gasteiger partial charge is 0.419 e. The summed E-state index contributed by atoms with van der Waals surface area (Å²) in [6.07, 6.45) is 3.54. The SMILES string of the molecule is CC(C)(C)OC(=O)n1c(-c2nn(C3CCC(O)CC3)c3ncnc(N)c23)cc2cc(O[Si](C)(C)C(C)(C)C)ccc21. The molecule has 5 rings (SSSR count). The Hall–Kier alpha value is -3.44. The number of aliphatic hydroxyl groups excluding tert-OH is 1. The van der Waals surface area contributed by atoms with Gasteiger partial charge in [-0.1, -0.05) is 20.8 Å². The third-order valence-corrected chi connectivity index (χ3v) is 12.7. The number of rotatable bonds is 4. The quantitative estimate of drug-likeness (QED) is 0.257. The highest BCUT2D eigenvalue weighted by Crippen LogP contribution is 2.41. The zero-order valence-electron chi connectivity index (χ0n) is 25.4. The van der Waals surface area contributed by atoms with Crippen LogP contribution in [0.3, 0.4) is 0 Å². The predicted octanol–water partition coefficient (Wildman–Crippen LogP) is 6.67. The molecule has 1 aromatic carbocycles. The molecule has 1 aliphatic rings. The number of fused-ring (bicyclic) bond motifs is 2. The number of carbonyl (C=O) groups excluding carboxylic acids is 1. The molecule has 0 bridgehead atoms. The van der Waals surface area contributed by atoms with Crippen molar-refractivity contribution >= 4 is 42.2 Å². The van der Waals surface area contributed by atoms with Crippen LogP contribution in [-0.2, 0) is 4.74 Å². The third kappa shape index (κ3) is 5.57. The second-order valence-electron chi connectivity index (χ2n) is 13.6. The molecular weight excluding hydrogens is 536 g/mol. The third-order valence-electron chi connectivity index (χ3n) is 8.30. The molecule has 0 atom stereocenters. The minimum atomic E-state index is -2.09. The van der Waals surface area contributed by atoms with Gasteiger partial charge in [0.2, 0.25) is 8.32 Å². The number of nitrogens with two attached hydrogens (primary N) is 1. The molecule has 4 aromatic rings. The highest BCUT2D eigenvalue weighted by molar-refractivity contribution is 6.74. The van der Waals surface area contributed by atoms with Crippen molar-refractivity contribution in [3.05, 3.63) is 30.6 Å². The van der Waals surface area contributed by atoms with Crippen molar-refractivity contribution in [2.45, 2.75) is 103 Å². The second kappa shape index (κ2) is 10.1. The summed E-state index contributed by atoms with van der Waals surface area (Å²) < 4.78 is 15.9. The van der Waals surface area contributed by atoms with E-state index in [0.717, 1.165) is 24.0 Å². The Balaban J connectivity index is 1.71. The molecule has 0 unspecified atom stereocenters. The van der Waals surface area contributed by atoms with Crippen molar-refractivity contribution in [2.24, 2.45) is 0 Å². The Morgan fingerprint density at radius 2 is 1.73 bits per heavy atom. The first-order valence-electron chi connectivity index (χ1n) is 14.3. The fourth-order valence-corrected chi connectivity index (χ4v) is 6.14. The highest BCUT2D eigenvalue weighted by atomic mass is 28.4. The molecule has 0 saturated heterocycles. The van der Waals surface area contributed by atoms with Gasteiger partial charge in [0.1, 0.15) is 29.2 Å². The Bertz CT molecular complexity index is 1600. The van der Waals surface area contributed by atoms with E-state index in [0.29, 0.717) is 40.8 Å². The molecule has 0 spiro atoms. The number of ether oxygens (including phenoxy) is 1. The van der Waals surface area contributed by atoms with Gasteiger partial charge in [0.15, 0.2) is 5.65 Å². The van der Waals surface area contributed by atoms with Crippen molar-refractivity contribution in [2.75, 3.05) is 5.73 Å². The number of benzene rings is 1. The largest absolute Gasteiger partial charge is 0.543 e. The van der Waals surface area contributed by atoms with Crippen molar-refractivity contribution in [1.82, 2.24) is 24.3 Å². The molecule has 1 saturated carbocycles. The average Bonchev–Trinajstić information content (AvgIpc) is 3.42. The summed E-state index contributed by atoms with van der Waals surface area (Å²) in [7, 11) is -2.09. The van der Waals surface area contributed by atoms with Crippen LogP contribution < -0.4 is 10.2 Å². The fourth-order valence-electron chi connectivity index (χ4n) is 5.12. The molecule has 3 N–H and O–H groups in total. The molecule has 10 nitrogen and oxygen atoms in total. The Kier molecular flexibility index (Phi) is 7.18. The molecule has 220 valence electrons. The van der Waals surface area contributed by atoms with Crippen LogP contribution in [0.1, 0.15) is 73.3 Å². The lowest BCUT2D eigenvalue weighted by atomic mass is 9.93. The van der Waals surface area contributed by atoms with Gasteiger partial charge in [0.25, 0.3) is 0 Å². The van der Waals surface area contributed by atoms with Gasteiger partial charge in [-0.3, -0.25) is 0 Å². The van der Waals surface area contributed by atoms with Crippen LogP contribution in [-0.4, -0.2) is 55.5 Å². The molecular formula is C30H42N6O4Si. The first kappa shape index (κ1) is 29.1. The molecule has 3 heterocycles. The van der Waals surface area contributed by atoms with Gasteiger partial charge in [-0.2, -0.15) is 5.10 Å². The molecule has 11 heteroatoms. The normalized spacial score (nSPS) is 18.7. The standard InChI is InChI=1S/C30H42N6O4Si/c1-29(2,3)39-28(38)35-22-14-13-21(40-41(7,8)30(4,5)6)15-18(22)16-23(35)25-24-26(31)32-17-33-27(24)36(34-25)19-9-11-20(37)12-10-19/h13-17,19-20,37H,9-12H2,1-8H3,(H2,31,32,33). The second-order valence-corrected chi connectivity index (χ2v) is 18.4. The Morgan fingerprint density at radius 1 is 1.05 bits per heavy atom. The summed E-state index contributed by atoms with van der Waals surface area (Å²) in [6, 6.07) is 7.76. The number of anilines is 1. The van der Waals surface area contributed by atoms with E-state index in [-0.39, 0.29) is 23.0 Å². The van der Waals surface area contributed by atoms with Crippen LogP contribution >= 0.6 is 0 Å². The number of aromatic nitrogens is 5. The Morgan fingerprint density at radius 3 is 2.37 bits per heavy atom. The van der Waals surface area contributed by atoms with Crippen molar-refractivity contribution in [1.29, 1.82) is 0 Å². The summed E-state index contributed by atoms with van der Waals surface area (Å²) in [6.45, 7) is 16.6. The van der Waals surface area contributed by atoms with Crippen molar-refractivity contribution < 1.29 is 19.1 Å². The van der Waals surface area contributed by atoms with Crippen LogP contribution in [0.4, 0.5) is 10.6 Å². The van der Waals surface area contributed by atoms with Crippen LogP contribution in [0.15, 0.2) is 30.6 Å². The maximum absolute atomic E-state index is 13.7. The minimum absolute atomic E-state index is 0.0357. The maximum atomic E-state index is 13.7. The minimum Gasteiger partial charge on any atom is -0.543 e. The zero-order valence-corrected chi connectivity index (χ0v) is 26.4. The van der Waals surface area contributed by atoms with Gasteiger partial charge in [0, 0.05) is 5.39 Å². The van der Waals surface area contributed by atoms with Gasteiger partial charge in [-0.25, -0.2) is 24.0 Å². The van der Waals surface area contributed by atoms with E-state index in [4.69, 9.17) is 20.0 Å². The molecule has 0 radical (unpaired) electrons. The number of carbonyl (C=O) groups is 1. The lowest BCUT2D eigenvalue weighted by Gasteiger charge is -2.36. The summed E-state index contributed by atoms with van der Waals surface area (Å²) in [5.41, 5.74) is 8.06. The van der Waals surface area contributed by atoms with Gasteiger partial charge in [0.05, 0.1) is 28.7 Å². The van der Waals surface area contributed by atoms with Crippen LogP contribution in [0.5, 0.6) is 5.75 Å². The summed E-state index contributed by atoms with van der Waals surface area (Å²) in [4.78, 5) is 22.5. The molecule has 0 amide bonds. The molecule has 0 aliphatic heterocycles. The Labute approximate surface area is 242 Å². The van der Waals surface area contributed by atoms with Crippen LogP contribution in [0, 0.1) is 0 Å². The number of hydrogen-bond donors (Lipinski definition) is 2. The fraction of sp³-hybridized carbons (Fsp3) is 0.533. The van der Waals surface area contributed by atoms with Crippen LogP contribution in [0.25, 0.3) is 33.3 Å². The number of nitrogen functional groups attached to an aromatic ring is 1. The summed E-state index contributed by atoms with van der Waals surface area (Å²) in [5.74, 6) is 1.05. The van der Waals surface area contributed by atoms with Gasteiger partial charge >= 0.3 is 6.09 Å². The van der Waals surface area contributed by atoms with Crippen molar-refractivity contribution in [3.8, 4) is 17.1 Å². The average molecular weight is 579 g/mol. The topological polar surface area (TPSA) is 130 Å². The van der Waals surface area contributed by atoms with Crippen LogP contribution in [0.2, 0.25) is 18.1 Å². The van der Waals surface area contributed by atoms with E-state index in [9.17, 15) is 9.90 Å². The first-order chi connectivity index (χ1) is 19.1. The van der Waals surface area contributed by atoms with E-state index in [1.54, 1.807) is 4.57 Å². The van der Waals surface area contributed by atoms with E-state index < -0.39 is 20.0 Å². The molecule has 1 fully saturated rings. The predicted molar refractivity (Wildman–Crippen MR) is 164 cm³/mol. The van der Waals surface area contributed by atoms with Gasteiger partial charge in [-0.15, -0.1) is 0 Å². The monoisotopic (exact) mass is 578 g/mol. The molecule has 1 aliphatic carbocycles. The van der Waals surface area contributed by atoms with E-state index >= 15 is 0 Å². The van der Waals surface area contributed by atoms with E-state index in [1.807, 2.05) is 49.7 Å².